The summed E-state index contributed by atoms with van der Waals surface area (Å²) >= 11 is 0. The third-order valence-corrected chi connectivity index (χ3v) is 2.10. The monoisotopic (exact) mass is 193 g/mol. The maximum atomic E-state index is 4.17. The summed E-state index contributed by atoms with van der Waals surface area (Å²) in [5.41, 5.74) is 2.52. The van der Waals surface area contributed by atoms with Gasteiger partial charge in [-0.1, -0.05) is 18.6 Å². The Morgan fingerprint density at radius 2 is 2.36 bits per heavy atom. The van der Waals surface area contributed by atoms with Crippen LogP contribution < -0.4 is 5.32 Å². The molecular formula is C11H19N3. The lowest BCUT2D eigenvalue weighted by Gasteiger charge is -2.14. The summed E-state index contributed by atoms with van der Waals surface area (Å²) in [6, 6.07) is 2.32. The van der Waals surface area contributed by atoms with Gasteiger partial charge in [-0.05, 0) is 26.5 Å². The number of aromatic nitrogens is 2. The molecule has 0 aliphatic rings. The molecule has 0 radical (unpaired) electrons. The first-order valence-electron chi connectivity index (χ1n) is 5.01. The van der Waals surface area contributed by atoms with Crippen molar-refractivity contribution in [2.24, 2.45) is 7.05 Å². The number of hydrogen-bond donors (Lipinski definition) is 1. The molecule has 0 aliphatic heterocycles. The van der Waals surface area contributed by atoms with Gasteiger partial charge in [-0.25, -0.2) is 0 Å². The minimum atomic E-state index is 0.275. The van der Waals surface area contributed by atoms with E-state index in [0.717, 1.165) is 6.54 Å². The molecule has 0 aliphatic carbocycles. The van der Waals surface area contributed by atoms with Gasteiger partial charge in [0.25, 0.3) is 0 Å². The fourth-order valence-corrected chi connectivity index (χ4v) is 1.49. The first-order chi connectivity index (χ1) is 6.65. The van der Waals surface area contributed by atoms with Crippen LogP contribution in [0.4, 0.5) is 0 Å². The van der Waals surface area contributed by atoms with Crippen molar-refractivity contribution in [3.05, 3.63) is 29.6 Å². The standard InChI is InChI=1S/C11H19N3/c1-5-12-10(8-9(2)3)11-6-7-13-14(11)4/h6-8,10,12H,5H2,1-4H3. The summed E-state index contributed by atoms with van der Waals surface area (Å²) in [5, 5.41) is 7.59. The second-order valence-electron chi connectivity index (χ2n) is 3.66. The highest BCUT2D eigenvalue weighted by Crippen LogP contribution is 2.14. The molecule has 0 saturated heterocycles. The lowest BCUT2D eigenvalue weighted by molar-refractivity contribution is 0.583. The minimum absolute atomic E-state index is 0.275. The average molecular weight is 193 g/mol. The van der Waals surface area contributed by atoms with E-state index in [0.29, 0.717) is 0 Å². The molecule has 0 aromatic carbocycles. The predicted molar refractivity (Wildman–Crippen MR) is 59.1 cm³/mol. The number of aryl methyl sites for hydroxylation is 1. The van der Waals surface area contributed by atoms with Crippen molar-refractivity contribution in [2.75, 3.05) is 6.54 Å². The van der Waals surface area contributed by atoms with Crippen LogP contribution in [0.15, 0.2) is 23.9 Å². The quantitative estimate of drug-likeness (QED) is 0.742. The van der Waals surface area contributed by atoms with Gasteiger partial charge in [-0.3, -0.25) is 4.68 Å². The first kappa shape index (κ1) is 11.0. The Morgan fingerprint density at radius 1 is 1.64 bits per heavy atom. The van der Waals surface area contributed by atoms with Crippen molar-refractivity contribution >= 4 is 0 Å². The number of nitrogens with one attached hydrogen (secondary N) is 1. The Labute approximate surface area is 85.8 Å². The third-order valence-electron chi connectivity index (χ3n) is 2.10. The van der Waals surface area contributed by atoms with E-state index < -0.39 is 0 Å². The highest BCUT2D eigenvalue weighted by atomic mass is 15.3. The summed E-state index contributed by atoms with van der Waals surface area (Å²) in [7, 11) is 1.97. The Balaban J connectivity index is 2.88. The summed E-state index contributed by atoms with van der Waals surface area (Å²) in [5.74, 6) is 0. The maximum absolute atomic E-state index is 4.17. The molecule has 1 atom stereocenters. The van der Waals surface area contributed by atoms with Gasteiger partial charge in [0.15, 0.2) is 0 Å². The Morgan fingerprint density at radius 3 is 2.79 bits per heavy atom. The van der Waals surface area contributed by atoms with Crippen molar-refractivity contribution in [2.45, 2.75) is 26.8 Å². The van der Waals surface area contributed by atoms with Crippen LogP contribution in [0.3, 0.4) is 0 Å². The molecule has 0 bridgehead atoms. The Kier molecular flexibility index (Phi) is 3.89. The topological polar surface area (TPSA) is 29.9 Å². The lowest BCUT2D eigenvalue weighted by atomic mass is 10.1. The summed E-state index contributed by atoms with van der Waals surface area (Å²) in [4.78, 5) is 0. The second-order valence-corrected chi connectivity index (χ2v) is 3.66. The van der Waals surface area contributed by atoms with Crippen molar-refractivity contribution < 1.29 is 0 Å². The van der Waals surface area contributed by atoms with Crippen LogP contribution in [0.25, 0.3) is 0 Å². The molecular weight excluding hydrogens is 174 g/mol. The zero-order valence-electron chi connectivity index (χ0n) is 9.41. The first-order valence-corrected chi connectivity index (χ1v) is 5.01. The molecule has 1 heterocycles. The molecule has 0 amide bonds. The zero-order valence-corrected chi connectivity index (χ0v) is 9.41. The Hall–Kier alpha value is -1.09. The van der Waals surface area contributed by atoms with Crippen LogP contribution in [0.2, 0.25) is 0 Å². The largest absolute Gasteiger partial charge is 0.306 e. The van der Waals surface area contributed by atoms with Crippen LogP contribution >= 0.6 is 0 Å². The molecule has 3 nitrogen and oxygen atoms in total. The zero-order chi connectivity index (χ0) is 10.6. The van der Waals surface area contributed by atoms with E-state index in [1.807, 2.05) is 24.0 Å². The smallest absolute Gasteiger partial charge is 0.0680 e. The van der Waals surface area contributed by atoms with Gasteiger partial charge in [0.2, 0.25) is 0 Å². The van der Waals surface area contributed by atoms with Crippen molar-refractivity contribution in [3.8, 4) is 0 Å². The van der Waals surface area contributed by atoms with Gasteiger partial charge in [-0.15, -0.1) is 0 Å². The molecule has 3 heteroatoms. The Bertz CT molecular complexity index is 308. The highest BCUT2D eigenvalue weighted by Gasteiger charge is 2.10. The summed E-state index contributed by atoms with van der Waals surface area (Å²) < 4.78 is 1.91. The molecule has 1 aromatic heterocycles. The normalized spacial score (nSPS) is 12.6. The van der Waals surface area contributed by atoms with Crippen LogP contribution in [0.1, 0.15) is 32.5 Å². The van der Waals surface area contributed by atoms with Gasteiger partial charge in [0.1, 0.15) is 0 Å². The number of rotatable bonds is 4. The van der Waals surface area contributed by atoms with Crippen LogP contribution in [-0.4, -0.2) is 16.3 Å². The van der Waals surface area contributed by atoms with Gasteiger partial charge < -0.3 is 5.32 Å². The van der Waals surface area contributed by atoms with Crippen LogP contribution in [0.5, 0.6) is 0 Å². The SMILES string of the molecule is CCNC(C=C(C)C)c1ccnn1C. The number of allylic oxidation sites excluding steroid dienone is 1. The fourth-order valence-electron chi connectivity index (χ4n) is 1.49. The molecule has 0 saturated carbocycles. The van der Waals surface area contributed by atoms with E-state index in [-0.39, 0.29) is 6.04 Å². The van der Waals surface area contributed by atoms with Crippen molar-refractivity contribution in [3.63, 3.8) is 0 Å². The van der Waals surface area contributed by atoms with E-state index in [9.17, 15) is 0 Å². The third kappa shape index (κ3) is 2.70. The molecule has 1 aromatic rings. The average Bonchev–Trinajstić information content (AvgIpc) is 2.50. The molecule has 1 unspecified atom stereocenters. The van der Waals surface area contributed by atoms with Crippen LogP contribution in [-0.2, 0) is 7.05 Å². The summed E-state index contributed by atoms with van der Waals surface area (Å²) in [6.07, 6.45) is 4.05. The van der Waals surface area contributed by atoms with Crippen LogP contribution in [0, 0.1) is 0 Å². The lowest BCUT2D eigenvalue weighted by Crippen LogP contribution is -2.21. The van der Waals surface area contributed by atoms with Gasteiger partial charge in [0, 0.05) is 13.2 Å². The van der Waals surface area contributed by atoms with Crippen molar-refractivity contribution in [1.82, 2.24) is 15.1 Å². The number of nitrogens with zero attached hydrogens (tertiary/aromatic N) is 2. The minimum Gasteiger partial charge on any atom is -0.306 e. The fraction of sp³-hybridized carbons (Fsp3) is 0.545. The van der Waals surface area contributed by atoms with E-state index in [1.165, 1.54) is 11.3 Å². The molecule has 1 N–H and O–H groups in total. The molecule has 14 heavy (non-hydrogen) atoms. The number of likely N-dealkylation sites (N-methyl/N-ethyl adjacent to an activating group) is 1. The summed E-state index contributed by atoms with van der Waals surface area (Å²) in [6.45, 7) is 7.29. The number of hydrogen-bond acceptors (Lipinski definition) is 2. The van der Waals surface area contributed by atoms with E-state index in [4.69, 9.17) is 0 Å². The molecule has 1 rings (SSSR count). The van der Waals surface area contributed by atoms with Gasteiger partial charge in [-0.2, -0.15) is 5.10 Å². The molecule has 78 valence electrons. The van der Waals surface area contributed by atoms with E-state index in [1.54, 1.807) is 0 Å². The van der Waals surface area contributed by atoms with Gasteiger partial charge in [0.05, 0.1) is 11.7 Å². The second kappa shape index (κ2) is 4.96. The molecule has 0 spiro atoms. The van der Waals surface area contributed by atoms with E-state index in [2.05, 4.69) is 37.3 Å². The van der Waals surface area contributed by atoms with E-state index >= 15 is 0 Å². The predicted octanol–water partition coefficient (Wildman–Crippen LogP) is 2.04. The maximum Gasteiger partial charge on any atom is 0.0680 e. The molecule has 0 fully saturated rings. The highest BCUT2D eigenvalue weighted by molar-refractivity contribution is 5.16. The van der Waals surface area contributed by atoms with Gasteiger partial charge >= 0.3 is 0 Å². The van der Waals surface area contributed by atoms with Crippen molar-refractivity contribution in [1.29, 1.82) is 0 Å².